The molecule has 0 aliphatic heterocycles. The zero-order chi connectivity index (χ0) is 9.84. The lowest BCUT2D eigenvalue weighted by Crippen LogP contribution is -2.33. The lowest BCUT2D eigenvalue weighted by Gasteiger charge is -2.22. The van der Waals surface area contributed by atoms with Crippen LogP contribution in [0.4, 0.5) is 0 Å². The summed E-state index contributed by atoms with van der Waals surface area (Å²) in [6.45, 7) is 4.02. The van der Waals surface area contributed by atoms with Gasteiger partial charge in [0.15, 0.2) is 0 Å². The Kier molecular flexibility index (Phi) is 3.46. The van der Waals surface area contributed by atoms with Crippen molar-refractivity contribution in [1.29, 1.82) is 0 Å². The van der Waals surface area contributed by atoms with Gasteiger partial charge in [-0.15, -0.1) is 0 Å². The molecule has 0 fully saturated rings. The van der Waals surface area contributed by atoms with Gasteiger partial charge in [0.25, 0.3) is 0 Å². The van der Waals surface area contributed by atoms with E-state index in [9.17, 15) is 5.11 Å². The minimum atomic E-state index is -0.554. The molecule has 0 heterocycles. The summed E-state index contributed by atoms with van der Waals surface area (Å²) in [4.78, 5) is 0. The fourth-order valence-corrected chi connectivity index (χ4v) is 1.24. The van der Waals surface area contributed by atoms with E-state index in [1.807, 2.05) is 44.2 Å². The van der Waals surface area contributed by atoms with Gasteiger partial charge in [-0.25, -0.2) is 0 Å². The van der Waals surface area contributed by atoms with E-state index >= 15 is 0 Å². The summed E-state index contributed by atoms with van der Waals surface area (Å²) < 4.78 is 0. The molecule has 0 radical (unpaired) electrons. The van der Waals surface area contributed by atoms with Crippen molar-refractivity contribution in [3.63, 3.8) is 0 Å². The first-order valence-corrected chi connectivity index (χ1v) is 4.61. The van der Waals surface area contributed by atoms with E-state index in [2.05, 4.69) is 0 Å². The Hall–Kier alpha value is -0.860. The molecule has 72 valence electrons. The van der Waals surface area contributed by atoms with Gasteiger partial charge >= 0.3 is 0 Å². The third-order valence-corrected chi connectivity index (χ3v) is 2.28. The molecule has 1 rings (SSSR count). The molecule has 3 N–H and O–H groups in total. The topological polar surface area (TPSA) is 46.2 Å². The smallest absolute Gasteiger partial charge is 0.0943 e. The summed E-state index contributed by atoms with van der Waals surface area (Å²) in [5.74, 6) is 0.287. The summed E-state index contributed by atoms with van der Waals surface area (Å²) in [6.07, 6.45) is -0.554. The Morgan fingerprint density at radius 2 is 1.69 bits per heavy atom. The zero-order valence-electron chi connectivity index (χ0n) is 8.14. The molecule has 2 atom stereocenters. The summed E-state index contributed by atoms with van der Waals surface area (Å²) >= 11 is 0. The molecule has 1 aromatic carbocycles. The van der Waals surface area contributed by atoms with E-state index in [1.165, 1.54) is 0 Å². The first kappa shape index (κ1) is 10.2. The van der Waals surface area contributed by atoms with Crippen LogP contribution in [0.2, 0.25) is 0 Å². The molecule has 1 unspecified atom stereocenters. The van der Waals surface area contributed by atoms with Crippen molar-refractivity contribution in [1.82, 2.24) is 0 Å². The Bertz CT molecular complexity index is 246. The molecule has 0 saturated carbocycles. The molecule has 2 nitrogen and oxygen atoms in total. The van der Waals surface area contributed by atoms with E-state index in [0.717, 1.165) is 5.56 Å². The highest BCUT2D eigenvalue weighted by molar-refractivity contribution is 5.18. The summed E-state index contributed by atoms with van der Waals surface area (Å²) in [6, 6.07) is 9.34. The van der Waals surface area contributed by atoms with Crippen LogP contribution in [0.15, 0.2) is 30.3 Å². The summed E-state index contributed by atoms with van der Waals surface area (Å²) in [5, 5.41) is 9.83. The van der Waals surface area contributed by atoms with Crippen molar-refractivity contribution in [2.45, 2.75) is 26.0 Å². The maximum Gasteiger partial charge on any atom is 0.0943 e. The SMILES string of the molecule is CC(C)[C@H](N)C(O)c1ccccc1. The third kappa shape index (κ3) is 2.54. The van der Waals surface area contributed by atoms with Gasteiger partial charge in [-0.2, -0.15) is 0 Å². The van der Waals surface area contributed by atoms with E-state index in [1.54, 1.807) is 0 Å². The quantitative estimate of drug-likeness (QED) is 0.742. The predicted molar refractivity (Wildman–Crippen MR) is 54.2 cm³/mol. The molecule has 0 saturated heterocycles. The van der Waals surface area contributed by atoms with Crippen molar-refractivity contribution in [2.24, 2.45) is 11.7 Å². The number of aliphatic hydroxyl groups excluding tert-OH is 1. The standard InChI is InChI=1S/C11H17NO/c1-8(2)10(12)11(13)9-6-4-3-5-7-9/h3-8,10-11,13H,12H2,1-2H3/t10-,11?/m0/s1. The molecule has 0 aromatic heterocycles. The molecule has 1 aromatic rings. The second-order valence-electron chi connectivity index (χ2n) is 3.68. The minimum Gasteiger partial charge on any atom is -0.387 e. The van der Waals surface area contributed by atoms with Crippen molar-refractivity contribution in [3.05, 3.63) is 35.9 Å². The van der Waals surface area contributed by atoms with Crippen molar-refractivity contribution >= 4 is 0 Å². The van der Waals surface area contributed by atoms with Crippen LogP contribution in [0, 0.1) is 5.92 Å². The lowest BCUT2D eigenvalue weighted by atomic mass is 9.94. The number of benzene rings is 1. The number of nitrogens with two attached hydrogens (primary N) is 1. The Balaban J connectivity index is 2.73. The number of hydrogen-bond acceptors (Lipinski definition) is 2. The highest BCUT2D eigenvalue weighted by atomic mass is 16.3. The van der Waals surface area contributed by atoms with Gasteiger partial charge in [0.1, 0.15) is 0 Å². The average molecular weight is 179 g/mol. The van der Waals surface area contributed by atoms with E-state index in [0.29, 0.717) is 0 Å². The third-order valence-electron chi connectivity index (χ3n) is 2.28. The highest BCUT2D eigenvalue weighted by Crippen LogP contribution is 2.19. The molecule has 0 spiro atoms. The van der Waals surface area contributed by atoms with E-state index < -0.39 is 6.10 Å². The Labute approximate surface area is 79.4 Å². The predicted octanol–water partition coefficient (Wildman–Crippen LogP) is 1.70. The molecule has 0 bridgehead atoms. The Morgan fingerprint density at radius 1 is 1.15 bits per heavy atom. The fraction of sp³-hybridized carbons (Fsp3) is 0.455. The first-order chi connectivity index (χ1) is 6.13. The molecular weight excluding hydrogens is 162 g/mol. The fourth-order valence-electron chi connectivity index (χ4n) is 1.24. The molecule has 0 aliphatic rings. The van der Waals surface area contributed by atoms with Crippen LogP contribution in [0.25, 0.3) is 0 Å². The minimum absolute atomic E-state index is 0.192. The molecule has 2 heteroatoms. The summed E-state index contributed by atoms with van der Waals surface area (Å²) in [7, 11) is 0. The maximum absolute atomic E-state index is 9.83. The van der Waals surface area contributed by atoms with Gasteiger partial charge < -0.3 is 10.8 Å². The Morgan fingerprint density at radius 3 is 2.15 bits per heavy atom. The van der Waals surface area contributed by atoms with Gasteiger partial charge in [-0.3, -0.25) is 0 Å². The maximum atomic E-state index is 9.83. The molecule has 0 amide bonds. The van der Waals surface area contributed by atoms with Crippen LogP contribution in [0.1, 0.15) is 25.5 Å². The van der Waals surface area contributed by atoms with E-state index in [-0.39, 0.29) is 12.0 Å². The summed E-state index contributed by atoms with van der Waals surface area (Å²) in [5.41, 5.74) is 6.73. The average Bonchev–Trinajstić information content (AvgIpc) is 2.17. The van der Waals surface area contributed by atoms with Gasteiger partial charge in [0.2, 0.25) is 0 Å². The largest absolute Gasteiger partial charge is 0.387 e. The zero-order valence-corrected chi connectivity index (χ0v) is 8.14. The van der Waals surface area contributed by atoms with Crippen molar-refractivity contribution < 1.29 is 5.11 Å². The van der Waals surface area contributed by atoms with Gasteiger partial charge in [0.05, 0.1) is 6.10 Å². The van der Waals surface area contributed by atoms with Gasteiger partial charge in [-0.1, -0.05) is 44.2 Å². The van der Waals surface area contributed by atoms with Gasteiger partial charge in [-0.05, 0) is 11.5 Å². The van der Waals surface area contributed by atoms with Gasteiger partial charge in [0, 0.05) is 6.04 Å². The van der Waals surface area contributed by atoms with Crippen molar-refractivity contribution in [3.8, 4) is 0 Å². The second-order valence-corrected chi connectivity index (χ2v) is 3.68. The highest BCUT2D eigenvalue weighted by Gasteiger charge is 2.19. The number of rotatable bonds is 3. The second kappa shape index (κ2) is 4.40. The van der Waals surface area contributed by atoms with Crippen LogP contribution >= 0.6 is 0 Å². The normalized spacial score (nSPS) is 15.8. The molecular formula is C11H17NO. The monoisotopic (exact) mass is 179 g/mol. The number of aliphatic hydroxyl groups is 1. The first-order valence-electron chi connectivity index (χ1n) is 4.61. The molecule has 13 heavy (non-hydrogen) atoms. The van der Waals surface area contributed by atoms with Crippen molar-refractivity contribution in [2.75, 3.05) is 0 Å². The van der Waals surface area contributed by atoms with E-state index in [4.69, 9.17) is 5.73 Å². The lowest BCUT2D eigenvalue weighted by molar-refractivity contribution is 0.126. The van der Waals surface area contributed by atoms with Crippen LogP contribution in [0.5, 0.6) is 0 Å². The van der Waals surface area contributed by atoms with Crippen LogP contribution in [-0.4, -0.2) is 11.1 Å². The molecule has 0 aliphatic carbocycles. The van der Waals surface area contributed by atoms with Crippen LogP contribution < -0.4 is 5.73 Å². The number of hydrogen-bond donors (Lipinski definition) is 2. The van der Waals surface area contributed by atoms with Crippen LogP contribution in [-0.2, 0) is 0 Å². The van der Waals surface area contributed by atoms with Crippen LogP contribution in [0.3, 0.4) is 0 Å².